The number of rotatable bonds is 4. The molecule has 0 spiro atoms. The Morgan fingerprint density at radius 1 is 1.23 bits per heavy atom. The fraction of sp³-hybridized carbons (Fsp3) is 0.857. The van der Waals surface area contributed by atoms with Gasteiger partial charge in [0.05, 0.1) is 6.07 Å². The van der Waals surface area contributed by atoms with E-state index in [4.69, 9.17) is 24.5 Å². The lowest BCUT2D eigenvalue weighted by Gasteiger charge is -1.89. The molecular weight excluding hydrogens is 193 g/mol. The number of unbranched alkanes of at least 4 members (excludes halogenated alkanes) is 4. The van der Waals surface area contributed by atoms with Gasteiger partial charge < -0.3 is 14.7 Å². The van der Waals surface area contributed by atoms with Gasteiger partial charge >= 0.3 is 7.82 Å². The van der Waals surface area contributed by atoms with Gasteiger partial charge in [0.15, 0.2) is 0 Å². The fourth-order valence-corrected chi connectivity index (χ4v) is 0.631. The van der Waals surface area contributed by atoms with Gasteiger partial charge in [-0.1, -0.05) is 26.2 Å². The largest absolute Gasteiger partial charge is 0.466 e. The highest BCUT2D eigenvalue weighted by Gasteiger charge is 2.00. The van der Waals surface area contributed by atoms with Crippen LogP contribution >= 0.6 is 7.82 Å². The number of hydrogen-bond acceptors (Lipinski definition) is 2. The zero-order valence-corrected chi connectivity index (χ0v) is 8.57. The van der Waals surface area contributed by atoms with Gasteiger partial charge in [-0.15, -0.1) is 0 Å². The topological polar surface area (TPSA) is 102 Å². The highest BCUT2D eigenvalue weighted by atomic mass is 31.2. The first-order chi connectivity index (χ1) is 5.91. The number of phosphoric acid groups is 1. The minimum absolute atomic E-state index is 0.736. The SMILES string of the molecule is CCCCCCC#N.O=P(O)(O)O. The first kappa shape index (κ1) is 15.1. The van der Waals surface area contributed by atoms with Crippen molar-refractivity contribution in [3.8, 4) is 6.07 Å². The van der Waals surface area contributed by atoms with Gasteiger partial charge in [0.2, 0.25) is 0 Å². The smallest absolute Gasteiger partial charge is 0.303 e. The van der Waals surface area contributed by atoms with Crippen LogP contribution in [0.2, 0.25) is 0 Å². The maximum atomic E-state index is 8.88. The lowest BCUT2D eigenvalue weighted by Crippen LogP contribution is -1.72. The standard InChI is InChI=1S/C7H13N.H3O4P/c1-2-3-4-5-6-7-8;1-5(2,3)4/h2-6H2,1H3;(H3,1,2,3,4). The molecule has 0 aromatic carbocycles. The molecule has 0 heterocycles. The molecule has 0 aliphatic carbocycles. The van der Waals surface area contributed by atoms with Crippen molar-refractivity contribution in [3.63, 3.8) is 0 Å². The molecule has 0 atom stereocenters. The highest BCUT2D eigenvalue weighted by Crippen LogP contribution is 2.25. The fourth-order valence-electron chi connectivity index (χ4n) is 0.631. The van der Waals surface area contributed by atoms with E-state index in [1.54, 1.807) is 0 Å². The highest BCUT2D eigenvalue weighted by molar-refractivity contribution is 7.45. The van der Waals surface area contributed by atoms with Crippen LogP contribution < -0.4 is 0 Å². The van der Waals surface area contributed by atoms with Gasteiger partial charge in [-0.3, -0.25) is 0 Å². The van der Waals surface area contributed by atoms with Gasteiger partial charge in [0.25, 0.3) is 0 Å². The van der Waals surface area contributed by atoms with Crippen LogP contribution in [-0.4, -0.2) is 14.7 Å². The first-order valence-electron chi connectivity index (χ1n) is 4.07. The van der Waals surface area contributed by atoms with Crippen molar-refractivity contribution < 1.29 is 19.2 Å². The van der Waals surface area contributed by atoms with E-state index < -0.39 is 7.82 Å². The molecule has 0 fully saturated rings. The summed E-state index contributed by atoms with van der Waals surface area (Å²) in [5, 5.41) is 8.12. The summed E-state index contributed by atoms with van der Waals surface area (Å²) < 4.78 is 8.88. The van der Waals surface area contributed by atoms with Crippen molar-refractivity contribution in [3.05, 3.63) is 0 Å². The summed E-state index contributed by atoms with van der Waals surface area (Å²) >= 11 is 0. The summed E-state index contributed by atoms with van der Waals surface area (Å²) in [4.78, 5) is 21.6. The normalized spacial score (nSPS) is 9.77. The maximum absolute atomic E-state index is 8.88. The third kappa shape index (κ3) is 50.5. The van der Waals surface area contributed by atoms with Crippen LogP contribution in [0.1, 0.15) is 39.0 Å². The van der Waals surface area contributed by atoms with Crippen LogP contribution in [0.25, 0.3) is 0 Å². The minimum Gasteiger partial charge on any atom is -0.303 e. The summed E-state index contributed by atoms with van der Waals surface area (Å²) in [5.41, 5.74) is 0. The molecule has 0 aromatic rings. The molecule has 0 unspecified atom stereocenters. The molecule has 0 rings (SSSR count). The molecule has 13 heavy (non-hydrogen) atoms. The number of nitriles is 1. The molecule has 0 aromatic heterocycles. The van der Waals surface area contributed by atoms with Gasteiger partial charge in [0.1, 0.15) is 0 Å². The average Bonchev–Trinajstić information content (AvgIpc) is 1.95. The molecule has 0 radical (unpaired) electrons. The third-order valence-electron chi connectivity index (χ3n) is 1.14. The Bertz CT molecular complexity index is 175. The van der Waals surface area contributed by atoms with E-state index >= 15 is 0 Å². The Kier molecular flexibility index (Phi) is 11.2. The molecular formula is C7H16NO4P. The van der Waals surface area contributed by atoms with Gasteiger partial charge in [-0.25, -0.2) is 4.57 Å². The van der Waals surface area contributed by atoms with E-state index in [1.807, 2.05) is 0 Å². The predicted molar refractivity (Wildman–Crippen MR) is 48.6 cm³/mol. The second kappa shape index (κ2) is 9.69. The van der Waals surface area contributed by atoms with Crippen molar-refractivity contribution in [1.82, 2.24) is 0 Å². The molecule has 3 N–H and O–H groups in total. The maximum Gasteiger partial charge on any atom is 0.466 e. The van der Waals surface area contributed by atoms with Crippen molar-refractivity contribution >= 4 is 7.82 Å². The van der Waals surface area contributed by atoms with Crippen LogP contribution in [-0.2, 0) is 4.57 Å². The first-order valence-corrected chi connectivity index (χ1v) is 5.63. The van der Waals surface area contributed by atoms with Crippen molar-refractivity contribution in [2.75, 3.05) is 0 Å². The number of nitrogens with zero attached hydrogens (tertiary/aromatic N) is 1. The second-order valence-electron chi connectivity index (χ2n) is 2.48. The van der Waals surface area contributed by atoms with E-state index in [1.165, 1.54) is 19.3 Å². The summed E-state index contributed by atoms with van der Waals surface area (Å²) in [5.74, 6) is 0. The summed E-state index contributed by atoms with van der Waals surface area (Å²) in [6.45, 7) is 2.17. The van der Waals surface area contributed by atoms with Gasteiger partial charge in [0, 0.05) is 6.42 Å². The lowest BCUT2D eigenvalue weighted by atomic mass is 10.2. The molecule has 5 nitrogen and oxygen atoms in total. The molecule has 6 heteroatoms. The summed E-state index contributed by atoms with van der Waals surface area (Å²) in [7, 11) is -4.64. The average molecular weight is 209 g/mol. The minimum atomic E-state index is -4.64. The zero-order valence-electron chi connectivity index (χ0n) is 7.68. The molecule has 0 amide bonds. The Hall–Kier alpha value is -0.400. The Labute approximate surface area is 78.3 Å². The summed E-state index contributed by atoms with van der Waals surface area (Å²) in [6, 6.07) is 2.13. The zero-order chi connectivity index (χ0) is 10.7. The Morgan fingerprint density at radius 2 is 1.69 bits per heavy atom. The van der Waals surface area contributed by atoms with E-state index in [0.717, 1.165) is 12.8 Å². The monoisotopic (exact) mass is 209 g/mol. The molecule has 0 aliphatic rings. The van der Waals surface area contributed by atoms with Crippen LogP contribution in [0.5, 0.6) is 0 Å². The number of hydrogen-bond donors (Lipinski definition) is 3. The van der Waals surface area contributed by atoms with E-state index in [-0.39, 0.29) is 0 Å². The predicted octanol–water partition coefficient (Wildman–Crippen LogP) is 1.55. The van der Waals surface area contributed by atoms with Gasteiger partial charge in [-0.05, 0) is 6.42 Å². The lowest BCUT2D eigenvalue weighted by molar-refractivity contribution is 0.275. The molecule has 78 valence electrons. The molecule has 0 saturated heterocycles. The van der Waals surface area contributed by atoms with E-state index in [9.17, 15) is 0 Å². The van der Waals surface area contributed by atoms with Crippen LogP contribution in [0.4, 0.5) is 0 Å². The van der Waals surface area contributed by atoms with Gasteiger partial charge in [-0.2, -0.15) is 5.26 Å². The quantitative estimate of drug-likeness (QED) is 0.481. The van der Waals surface area contributed by atoms with Crippen molar-refractivity contribution in [1.29, 1.82) is 5.26 Å². The van der Waals surface area contributed by atoms with Crippen LogP contribution in [0.3, 0.4) is 0 Å². The second-order valence-corrected chi connectivity index (χ2v) is 3.51. The van der Waals surface area contributed by atoms with E-state index in [2.05, 4.69) is 13.0 Å². The molecule has 0 aliphatic heterocycles. The van der Waals surface area contributed by atoms with E-state index in [0.29, 0.717) is 0 Å². The Morgan fingerprint density at radius 3 is 2.00 bits per heavy atom. The van der Waals surface area contributed by atoms with Crippen molar-refractivity contribution in [2.45, 2.75) is 39.0 Å². The molecule has 0 saturated carbocycles. The molecule has 0 bridgehead atoms. The summed E-state index contributed by atoms with van der Waals surface area (Å²) in [6.07, 6.45) is 5.58. The Balaban J connectivity index is 0. The van der Waals surface area contributed by atoms with Crippen LogP contribution in [0.15, 0.2) is 0 Å². The van der Waals surface area contributed by atoms with Crippen molar-refractivity contribution in [2.24, 2.45) is 0 Å². The third-order valence-corrected chi connectivity index (χ3v) is 1.14. The van der Waals surface area contributed by atoms with Crippen LogP contribution in [0, 0.1) is 11.3 Å².